The smallest absolute Gasteiger partial charge is 0.165 e. The largest absolute Gasteiger partial charge is 0.485 e. The van der Waals surface area contributed by atoms with E-state index in [0.29, 0.717) is 24.9 Å². The molecular formula is C15H20FNO2. The first kappa shape index (κ1) is 12.9. The molecule has 1 aromatic carbocycles. The van der Waals surface area contributed by atoms with Crippen molar-refractivity contribution in [2.24, 2.45) is 0 Å². The van der Waals surface area contributed by atoms with Crippen molar-refractivity contribution in [3.05, 3.63) is 29.6 Å². The van der Waals surface area contributed by atoms with Crippen molar-refractivity contribution >= 4 is 0 Å². The second-order valence-electron chi connectivity index (χ2n) is 5.34. The molecule has 0 radical (unpaired) electrons. The molecule has 1 saturated heterocycles. The first-order valence-corrected chi connectivity index (χ1v) is 7.08. The molecule has 3 nitrogen and oxygen atoms in total. The van der Waals surface area contributed by atoms with Crippen molar-refractivity contribution < 1.29 is 13.9 Å². The summed E-state index contributed by atoms with van der Waals surface area (Å²) in [5, 5.41) is 3.40. The molecule has 0 amide bonds. The molecule has 1 N–H and O–H groups in total. The zero-order chi connectivity index (χ0) is 13.1. The van der Waals surface area contributed by atoms with E-state index in [1.165, 1.54) is 18.9 Å². The van der Waals surface area contributed by atoms with Crippen molar-refractivity contribution in [2.75, 3.05) is 13.2 Å². The molecule has 1 saturated carbocycles. The van der Waals surface area contributed by atoms with Crippen molar-refractivity contribution in [1.29, 1.82) is 0 Å². The van der Waals surface area contributed by atoms with Crippen LogP contribution in [-0.2, 0) is 11.3 Å². The number of ether oxygens (including phenoxy) is 2. The summed E-state index contributed by atoms with van der Waals surface area (Å²) in [6.07, 6.45) is 4.34. The average molecular weight is 265 g/mol. The second-order valence-corrected chi connectivity index (χ2v) is 5.34. The maximum absolute atomic E-state index is 14.0. The van der Waals surface area contributed by atoms with Crippen molar-refractivity contribution in [1.82, 2.24) is 5.32 Å². The molecular weight excluding hydrogens is 245 g/mol. The molecule has 1 unspecified atom stereocenters. The summed E-state index contributed by atoms with van der Waals surface area (Å²) in [6, 6.07) is 5.73. The van der Waals surface area contributed by atoms with E-state index in [-0.39, 0.29) is 11.9 Å². The highest BCUT2D eigenvalue weighted by molar-refractivity contribution is 5.35. The van der Waals surface area contributed by atoms with Gasteiger partial charge in [0.2, 0.25) is 0 Å². The van der Waals surface area contributed by atoms with Crippen LogP contribution in [0.5, 0.6) is 5.75 Å². The van der Waals surface area contributed by atoms with Gasteiger partial charge in [-0.1, -0.05) is 12.1 Å². The molecule has 1 heterocycles. The first-order chi connectivity index (χ1) is 9.33. The second kappa shape index (κ2) is 5.88. The number of hydrogen-bond donors (Lipinski definition) is 1. The van der Waals surface area contributed by atoms with Gasteiger partial charge >= 0.3 is 0 Å². The number of para-hydroxylation sites is 1. The van der Waals surface area contributed by atoms with E-state index in [1.54, 1.807) is 6.07 Å². The van der Waals surface area contributed by atoms with E-state index in [9.17, 15) is 4.39 Å². The minimum atomic E-state index is -0.277. The number of benzene rings is 1. The predicted molar refractivity (Wildman–Crippen MR) is 70.7 cm³/mol. The van der Waals surface area contributed by atoms with Gasteiger partial charge in [0.1, 0.15) is 6.10 Å². The third-order valence-electron chi connectivity index (χ3n) is 3.61. The number of halogens is 1. The van der Waals surface area contributed by atoms with Gasteiger partial charge in [0, 0.05) is 24.8 Å². The number of hydrogen-bond acceptors (Lipinski definition) is 3. The summed E-state index contributed by atoms with van der Waals surface area (Å²) in [6.45, 7) is 2.02. The monoisotopic (exact) mass is 265 g/mol. The molecule has 104 valence electrons. The van der Waals surface area contributed by atoms with E-state index >= 15 is 0 Å². The van der Waals surface area contributed by atoms with E-state index < -0.39 is 0 Å². The van der Waals surface area contributed by atoms with Crippen LogP contribution in [0.2, 0.25) is 0 Å². The molecule has 1 aliphatic carbocycles. The predicted octanol–water partition coefficient (Wildman–Crippen LogP) is 2.64. The van der Waals surface area contributed by atoms with E-state index in [1.807, 2.05) is 6.07 Å². The fraction of sp³-hybridized carbons (Fsp3) is 0.600. The van der Waals surface area contributed by atoms with E-state index in [0.717, 1.165) is 25.0 Å². The lowest BCUT2D eigenvalue weighted by molar-refractivity contribution is 0.00542. The molecule has 0 spiro atoms. The summed E-state index contributed by atoms with van der Waals surface area (Å²) >= 11 is 0. The summed E-state index contributed by atoms with van der Waals surface area (Å²) in [7, 11) is 0. The van der Waals surface area contributed by atoms with Gasteiger partial charge in [0.25, 0.3) is 0 Å². The highest BCUT2D eigenvalue weighted by atomic mass is 19.1. The molecule has 4 heteroatoms. The first-order valence-electron chi connectivity index (χ1n) is 7.08. The van der Waals surface area contributed by atoms with Crippen molar-refractivity contribution in [3.8, 4) is 5.75 Å². The Morgan fingerprint density at radius 2 is 2.21 bits per heavy atom. The molecule has 0 aromatic heterocycles. The van der Waals surface area contributed by atoms with Crippen LogP contribution in [-0.4, -0.2) is 25.4 Å². The van der Waals surface area contributed by atoms with Crippen LogP contribution in [0.4, 0.5) is 4.39 Å². The minimum absolute atomic E-state index is 0.0228. The van der Waals surface area contributed by atoms with Gasteiger partial charge in [0.15, 0.2) is 11.6 Å². The third-order valence-corrected chi connectivity index (χ3v) is 3.61. The highest BCUT2D eigenvalue weighted by Crippen LogP contribution is 2.27. The molecule has 2 fully saturated rings. The van der Waals surface area contributed by atoms with Gasteiger partial charge in [-0.3, -0.25) is 0 Å². The van der Waals surface area contributed by atoms with Gasteiger partial charge in [-0.05, 0) is 31.7 Å². The maximum atomic E-state index is 14.0. The Morgan fingerprint density at radius 1 is 1.32 bits per heavy atom. The molecule has 19 heavy (non-hydrogen) atoms. The van der Waals surface area contributed by atoms with Gasteiger partial charge in [0.05, 0.1) is 6.61 Å². The van der Waals surface area contributed by atoms with Gasteiger partial charge in [-0.25, -0.2) is 4.39 Å². The Hall–Kier alpha value is -1.13. The van der Waals surface area contributed by atoms with Crippen LogP contribution in [0, 0.1) is 5.82 Å². The Bertz CT molecular complexity index is 428. The third kappa shape index (κ3) is 3.45. The van der Waals surface area contributed by atoms with Gasteiger partial charge < -0.3 is 14.8 Å². The Balaban J connectivity index is 1.69. The van der Waals surface area contributed by atoms with E-state index in [2.05, 4.69) is 5.32 Å². The molecule has 0 bridgehead atoms. The molecule has 2 aliphatic rings. The van der Waals surface area contributed by atoms with Crippen LogP contribution in [0.25, 0.3) is 0 Å². The zero-order valence-electron chi connectivity index (χ0n) is 11.0. The highest BCUT2D eigenvalue weighted by Gasteiger charge is 2.23. The van der Waals surface area contributed by atoms with Gasteiger partial charge in [-0.2, -0.15) is 0 Å². The number of nitrogens with one attached hydrogen (secondary N) is 1. The van der Waals surface area contributed by atoms with Crippen molar-refractivity contribution in [3.63, 3.8) is 0 Å². The average Bonchev–Trinajstić information content (AvgIpc) is 3.25. The van der Waals surface area contributed by atoms with Crippen LogP contribution >= 0.6 is 0 Å². The maximum Gasteiger partial charge on any atom is 0.165 e. The van der Waals surface area contributed by atoms with Crippen LogP contribution < -0.4 is 10.1 Å². The SMILES string of the molecule is Fc1cccc(CNC2CC2)c1OC1CCCOC1. The Morgan fingerprint density at radius 3 is 2.95 bits per heavy atom. The van der Waals surface area contributed by atoms with Crippen LogP contribution in [0.15, 0.2) is 18.2 Å². The van der Waals surface area contributed by atoms with Crippen LogP contribution in [0.3, 0.4) is 0 Å². The quantitative estimate of drug-likeness (QED) is 0.887. The number of rotatable bonds is 5. The normalized spacial score (nSPS) is 23.3. The Kier molecular flexibility index (Phi) is 3.99. The Labute approximate surface area is 113 Å². The fourth-order valence-electron chi connectivity index (χ4n) is 2.34. The molecule has 1 aromatic rings. The van der Waals surface area contributed by atoms with Crippen LogP contribution in [0.1, 0.15) is 31.2 Å². The van der Waals surface area contributed by atoms with E-state index in [4.69, 9.17) is 9.47 Å². The van der Waals surface area contributed by atoms with Crippen molar-refractivity contribution in [2.45, 2.75) is 44.4 Å². The summed E-state index contributed by atoms with van der Waals surface area (Å²) in [4.78, 5) is 0. The summed E-state index contributed by atoms with van der Waals surface area (Å²) in [5.41, 5.74) is 0.900. The molecule has 1 atom stereocenters. The zero-order valence-corrected chi connectivity index (χ0v) is 11.0. The van der Waals surface area contributed by atoms with Gasteiger partial charge in [-0.15, -0.1) is 0 Å². The lowest BCUT2D eigenvalue weighted by atomic mass is 10.1. The topological polar surface area (TPSA) is 30.5 Å². The fourth-order valence-corrected chi connectivity index (χ4v) is 2.34. The molecule has 3 rings (SSSR count). The standard InChI is InChI=1S/C15H20FNO2/c16-14-5-1-3-11(9-17-12-6-7-12)15(14)19-13-4-2-8-18-10-13/h1,3,5,12-13,17H,2,4,6-10H2. The molecule has 1 aliphatic heterocycles. The minimum Gasteiger partial charge on any atom is -0.485 e. The summed E-state index contributed by atoms with van der Waals surface area (Å²) < 4.78 is 25.2. The lowest BCUT2D eigenvalue weighted by Crippen LogP contribution is -2.29. The lowest BCUT2D eigenvalue weighted by Gasteiger charge is -2.24. The summed E-state index contributed by atoms with van der Waals surface area (Å²) in [5.74, 6) is 0.117.